The number of ether oxygens (including phenoxy) is 1. The fraction of sp³-hybridized carbons (Fsp3) is 0.778. The molecular weight excluding hydrogens is 186 g/mol. The molecule has 14 heavy (non-hydrogen) atoms. The molecule has 1 N–H and O–H groups in total. The lowest BCUT2D eigenvalue weighted by Gasteiger charge is -2.21. The minimum Gasteiger partial charge on any atom is -0.480 e. The Morgan fingerprint density at radius 3 is 2.79 bits per heavy atom. The van der Waals surface area contributed by atoms with Crippen molar-refractivity contribution in [2.24, 2.45) is 5.92 Å². The summed E-state index contributed by atoms with van der Waals surface area (Å²) in [5.41, 5.74) is 0. The number of carboxylic acid groups (broad SMARTS) is 1. The maximum Gasteiger partial charge on any atom is 0.410 e. The van der Waals surface area contributed by atoms with E-state index >= 15 is 0 Å². The Morgan fingerprint density at radius 2 is 2.36 bits per heavy atom. The minimum absolute atomic E-state index is 0.313. The molecule has 2 aliphatic rings. The van der Waals surface area contributed by atoms with Crippen molar-refractivity contribution < 1.29 is 19.4 Å². The second-order valence-corrected chi connectivity index (χ2v) is 3.84. The van der Waals surface area contributed by atoms with Crippen molar-refractivity contribution >= 4 is 12.1 Å². The summed E-state index contributed by atoms with van der Waals surface area (Å²) < 4.78 is 4.72. The highest BCUT2D eigenvalue weighted by molar-refractivity contribution is 5.80. The monoisotopic (exact) mass is 199 g/mol. The van der Waals surface area contributed by atoms with E-state index in [2.05, 4.69) is 0 Å². The first-order valence-electron chi connectivity index (χ1n) is 4.84. The van der Waals surface area contributed by atoms with Gasteiger partial charge in [0.25, 0.3) is 0 Å². The van der Waals surface area contributed by atoms with Gasteiger partial charge in [0.05, 0.1) is 6.54 Å². The van der Waals surface area contributed by atoms with Crippen molar-refractivity contribution in [3.8, 4) is 0 Å². The zero-order valence-corrected chi connectivity index (χ0v) is 7.81. The lowest BCUT2D eigenvalue weighted by atomic mass is 10.1. The third-order valence-electron chi connectivity index (χ3n) is 2.71. The average Bonchev–Trinajstić information content (AvgIpc) is 2.85. The zero-order chi connectivity index (χ0) is 10.1. The van der Waals surface area contributed by atoms with Gasteiger partial charge in [-0.05, 0) is 12.3 Å². The van der Waals surface area contributed by atoms with E-state index < -0.39 is 18.1 Å². The summed E-state index contributed by atoms with van der Waals surface area (Å²) in [5, 5.41) is 8.98. The Kier molecular flexibility index (Phi) is 2.31. The van der Waals surface area contributed by atoms with Gasteiger partial charge < -0.3 is 9.84 Å². The highest BCUT2D eigenvalue weighted by Crippen LogP contribution is 2.35. The molecule has 1 aliphatic carbocycles. The maximum atomic E-state index is 11.2. The van der Waals surface area contributed by atoms with E-state index in [0.717, 1.165) is 12.8 Å². The number of hydrogen-bond donors (Lipinski definition) is 1. The van der Waals surface area contributed by atoms with Crippen LogP contribution in [-0.4, -0.2) is 41.3 Å². The molecule has 0 spiro atoms. The van der Waals surface area contributed by atoms with Crippen LogP contribution < -0.4 is 0 Å². The highest BCUT2D eigenvalue weighted by atomic mass is 16.6. The first kappa shape index (κ1) is 9.30. The third-order valence-corrected chi connectivity index (χ3v) is 2.71. The Hall–Kier alpha value is -1.26. The largest absolute Gasteiger partial charge is 0.480 e. The van der Waals surface area contributed by atoms with Crippen LogP contribution in [0.3, 0.4) is 0 Å². The van der Waals surface area contributed by atoms with Gasteiger partial charge in [-0.1, -0.05) is 12.8 Å². The van der Waals surface area contributed by atoms with Gasteiger partial charge in [0.1, 0.15) is 12.6 Å². The Morgan fingerprint density at radius 1 is 1.64 bits per heavy atom. The quantitative estimate of drug-likeness (QED) is 0.723. The van der Waals surface area contributed by atoms with Crippen LogP contribution in [0, 0.1) is 5.92 Å². The molecule has 1 saturated carbocycles. The third kappa shape index (κ3) is 1.81. The number of rotatable bonds is 4. The first-order chi connectivity index (χ1) is 6.68. The van der Waals surface area contributed by atoms with E-state index in [1.165, 1.54) is 4.90 Å². The molecule has 1 atom stereocenters. The molecule has 5 heteroatoms. The molecular formula is C9H13NO4. The summed E-state index contributed by atoms with van der Waals surface area (Å²) in [6.45, 7) is 0.718. The van der Waals surface area contributed by atoms with E-state index in [1.807, 2.05) is 0 Å². The van der Waals surface area contributed by atoms with Gasteiger partial charge in [-0.3, -0.25) is 4.90 Å². The lowest BCUT2D eigenvalue weighted by molar-refractivity contribution is -0.142. The molecule has 0 radical (unpaired) electrons. The lowest BCUT2D eigenvalue weighted by Crippen LogP contribution is -2.42. The molecule has 1 heterocycles. The predicted molar refractivity (Wildman–Crippen MR) is 46.8 cm³/mol. The molecule has 1 amide bonds. The van der Waals surface area contributed by atoms with Gasteiger partial charge in [0, 0.05) is 0 Å². The molecule has 0 aromatic rings. The Bertz CT molecular complexity index is 262. The number of carbonyl (C=O) groups excluding carboxylic acids is 1. The summed E-state index contributed by atoms with van der Waals surface area (Å²) >= 11 is 0. The SMILES string of the molecule is O=C(O)C(CC1CC1)N1CCOC1=O. The Labute approximate surface area is 81.6 Å². The maximum absolute atomic E-state index is 11.2. The van der Waals surface area contributed by atoms with E-state index in [1.54, 1.807) is 0 Å². The van der Waals surface area contributed by atoms with Crippen molar-refractivity contribution in [3.63, 3.8) is 0 Å². The number of carboxylic acids is 1. The number of aliphatic carboxylic acids is 1. The molecule has 2 rings (SSSR count). The van der Waals surface area contributed by atoms with Crippen LogP contribution in [0.5, 0.6) is 0 Å². The van der Waals surface area contributed by atoms with Crippen molar-refractivity contribution in [1.82, 2.24) is 4.90 Å². The molecule has 1 aliphatic heterocycles. The fourth-order valence-electron chi connectivity index (χ4n) is 1.72. The summed E-state index contributed by atoms with van der Waals surface area (Å²) in [6, 6.07) is -0.683. The molecule has 0 aromatic carbocycles. The molecule has 1 unspecified atom stereocenters. The van der Waals surface area contributed by atoms with Crippen LogP contribution in [0.15, 0.2) is 0 Å². The van der Waals surface area contributed by atoms with Crippen LogP contribution in [0.25, 0.3) is 0 Å². The predicted octanol–water partition coefficient (Wildman–Crippen LogP) is 0.692. The number of amides is 1. The van der Waals surface area contributed by atoms with Gasteiger partial charge in [0.15, 0.2) is 0 Å². The van der Waals surface area contributed by atoms with Crippen molar-refractivity contribution in [2.75, 3.05) is 13.2 Å². The average molecular weight is 199 g/mol. The van der Waals surface area contributed by atoms with Crippen LogP contribution in [0.2, 0.25) is 0 Å². The number of hydrogen-bond acceptors (Lipinski definition) is 3. The zero-order valence-electron chi connectivity index (χ0n) is 7.81. The van der Waals surface area contributed by atoms with Crippen LogP contribution in [-0.2, 0) is 9.53 Å². The molecule has 78 valence electrons. The first-order valence-corrected chi connectivity index (χ1v) is 4.84. The smallest absolute Gasteiger partial charge is 0.410 e. The van der Waals surface area contributed by atoms with Gasteiger partial charge in [0.2, 0.25) is 0 Å². The van der Waals surface area contributed by atoms with Gasteiger partial charge >= 0.3 is 12.1 Å². The second kappa shape index (κ2) is 3.48. The summed E-state index contributed by atoms with van der Waals surface area (Å²) in [5.74, 6) is -0.430. The number of carbonyl (C=O) groups is 2. The van der Waals surface area contributed by atoms with E-state index in [9.17, 15) is 9.59 Å². The Balaban J connectivity index is 2.00. The molecule has 5 nitrogen and oxygen atoms in total. The van der Waals surface area contributed by atoms with Crippen LogP contribution in [0.4, 0.5) is 4.79 Å². The van der Waals surface area contributed by atoms with Crippen molar-refractivity contribution in [2.45, 2.75) is 25.3 Å². The number of nitrogens with zero attached hydrogens (tertiary/aromatic N) is 1. The second-order valence-electron chi connectivity index (χ2n) is 3.84. The summed E-state index contributed by atoms with van der Waals surface area (Å²) in [6.07, 6.45) is 2.27. The number of cyclic esters (lactones) is 1. The fourth-order valence-corrected chi connectivity index (χ4v) is 1.72. The van der Waals surface area contributed by atoms with Gasteiger partial charge in [-0.15, -0.1) is 0 Å². The van der Waals surface area contributed by atoms with E-state index in [4.69, 9.17) is 9.84 Å². The van der Waals surface area contributed by atoms with E-state index in [0.29, 0.717) is 25.5 Å². The van der Waals surface area contributed by atoms with E-state index in [-0.39, 0.29) is 0 Å². The van der Waals surface area contributed by atoms with Gasteiger partial charge in [-0.2, -0.15) is 0 Å². The van der Waals surface area contributed by atoms with Crippen LogP contribution >= 0.6 is 0 Å². The standard InChI is InChI=1S/C9H13NO4/c11-8(12)7(5-6-1-2-6)10-3-4-14-9(10)13/h6-7H,1-5H2,(H,11,12). The minimum atomic E-state index is -0.921. The summed E-state index contributed by atoms with van der Waals surface area (Å²) in [4.78, 5) is 23.4. The summed E-state index contributed by atoms with van der Waals surface area (Å²) in [7, 11) is 0. The molecule has 0 aromatic heterocycles. The molecule has 0 bridgehead atoms. The normalized spacial score (nSPS) is 23.4. The molecule has 1 saturated heterocycles. The van der Waals surface area contributed by atoms with Crippen molar-refractivity contribution in [3.05, 3.63) is 0 Å². The van der Waals surface area contributed by atoms with Crippen LogP contribution in [0.1, 0.15) is 19.3 Å². The topological polar surface area (TPSA) is 66.8 Å². The highest BCUT2D eigenvalue weighted by Gasteiger charge is 2.38. The van der Waals surface area contributed by atoms with Gasteiger partial charge in [-0.25, -0.2) is 9.59 Å². The molecule has 2 fully saturated rings. The van der Waals surface area contributed by atoms with Crippen molar-refractivity contribution in [1.29, 1.82) is 0 Å².